The van der Waals surface area contributed by atoms with Gasteiger partial charge in [0.15, 0.2) is 0 Å². The second-order valence-corrected chi connectivity index (χ2v) is 9.04. The molecule has 0 saturated carbocycles. The standard InChI is InChI=1S/C19H32N2O5/c1-12(2)14(15(22)25-13(3)4)21-9-8-19(16(21)23)10-20(11-19)17(24)26-18(5,6)7/h12-14H,8-11H2,1-7H3/t14-/m0/s1. The van der Waals surface area contributed by atoms with E-state index in [1.807, 2.05) is 34.6 Å². The van der Waals surface area contributed by atoms with Crippen LogP contribution >= 0.6 is 0 Å². The lowest BCUT2D eigenvalue weighted by molar-refractivity contribution is -0.162. The molecule has 1 spiro atoms. The molecule has 0 aromatic carbocycles. The van der Waals surface area contributed by atoms with Crippen LogP contribution in [-0.2, 0) is 19.1 Å². The van der Waals surface area contributed by atoms with Crippen molar-refractivity contribution in [3.63, 3.8) is 0 Å². The highest BCUT2D eigenvalue weighted by atomic mass is 16.6. The third kappa shape index (κ3) is 4.13. The van der Waals surface area contributed by atoms with Gasteiger partial charge in [-0.05, 0) is 47.0 Å². The molecule has 2 fully saturated rings. The first-order chi connectivity index (χ1) is 11.9. The third-order valence-corrected chi connectivity index (χ3v) is 4.75. The molecule has 0 aromatic rings. The second kappa shape index (κ2) is 7.08. The summed E-state index contributed by atoms with van der Waals surface area (Å²) in [7, 11) is 0. The van der Waals surface area contributed by atoms with Gasteiger partial charge in [-0.1, -0.05) is 13.8 Å². The van der Waals surface area contributed by atoms with Gasteiger partial charge < -0.3 is 19.3 Å². The Hall–Kier alpha value is -1.79. The maximum Gasteiger partial charge on any atom is 0.410 e. The summed E-state index contributed by atoms with van der Waals surface area (Å²) in [5, 5.41) is 0. The minimum atomic E-state index is -0.583. The quantitative estimate of drug-likeness (QED) is 0.713. The summed E-state index contributed by atoms with van der Waals surface area (Å²) in [4.78, 5) is 40.9. The minimum Gasteiger partial charge on any atom is -0.461 e. The summed E-state index contributed by atoms with van der Waals surface area (Å²) in [6.07, 6.45) is 0.0272. The molecule has 1 atom stereocenters. The van der Waals surface area contributed by atoms with E-state index in [2.05, 4.69) is 0 Å². The fourth-order valence-corrected chi connectivity index (χ4v) is 3.61. The van der Waals surface area contributed by atoms with Gasteiger partial charge in [0.1, 0.15) is 11.6 Å². The van der Waals surface area contributed by atoms with E-state index in [0.717, 1.165) is 0 Å². The van der Waals surface area contributed by atoms with Crippen LogP contribution in [0, 0.1) is 11.3 Å². The predicted octanol–water partition coefficient (Wildman–Crippen LogP) is 2.43. The van der Waals surface area contributed by atoms with Gasteiger partial charge in [0.2, 0.25) is 5.91 Å². The number of amides is 2. The third-order valence-electron chi connectivity index (χ3n) is 4.75. The first-order valence-corrected chi connectivity index (χ1v) is 9.36. The van der Waals surface area contributed by atoms with Crippen molar-refractivity contribution in [2.75, 3.05) is 19.6 Å². The van der Waals surface area contributed by atoms with E-state index in [-0.39, 0.29) is 23.9 Å². The lowest BCUT2D eigenvalue weighted by Crippen LogP contribution is -2.63. The molecule has 2 amide bonds. The molecule has 2 saturated heterocycles. The van der Waals surface area contributed by atoms with Crippen LogP contribution in [0.3, 0.4) is 0 Å². The lowest BCUT2D eigenvalue weighted by Gasteiger charge is -2.46. The number of hydrogen-bond acceptors (Lipinski definition) is 5. The first-order valence-electron chi connectivity index (χ1n) is 9.36. The van der Waals surface area contributed by atoms with Crippen molar-refractivity contribution in [2.24, 2.45) is 11.3 Å². The molecular formula is C19H32N2O5. The molecule has 0 aliphatic carbocycles. The number of likely N-dealkylation sites (tertiary alicyclic amines) is 2. The van der Waals surface area contributed by atoms with Crippen LogP contribution in [-0.4, -0.2) is 65.2 Å². The summed E-state index contributed by atoms with van der Waals surface area (Å²) < 4.78 is 10.7. The molecule has 2 aliphatic heterocycles. The van der Waals surface area contributed by atoms with E-state index >= 15 is 0 Å². The van der Waals surface area contributed by atoms with Crippen LogP contribution in [0.4, 0.5) is 4.79 Å². The number of carbonyl (C=O) groups is 3. The number of hydrogen-bond donors (Lipinski definition) is 0. The van der Waals surface area contributed by atoms with Gasteiger partial charge in [-0.2, -0.15) is 0 Å². The zero-order valence-electron chi connectivity index (χ0n) is 17.0. The number of esters is 1. The van der Waals surface area contributed by atoms with E-state index in [0.29, 0.717) is 26.1 Å². The summed E-state index contributed by atoms with van der Waals surface area (Å²) in [6.45, 7) is 14.1. The van der Waals surface area contributed by atoms with E-state index in [1.165, 1.54) is 0 Å². The molecular weight excluding hydrogens is 336 g/mol. The van der Waals surface area contributed by atoms with Crippen molar-refractivity contribution in [1.29, 1.82) is 0 Å². The average Bonchev–Trinajstić information content (AvgIpc) is 2.72. The van der Waals surface area contributed by atoms with Gasteiger partial charge in [-0.15, -0.1) is 0 Å². The second-order valence-electron chi connectivity index (χ2n) is 9.04. The van der Waals surface area contributed by atoms with Crippen LogP contribution < -0.4 is 0 Å². The molecule has 7 heteroatoms. The molecule has 26 heavy (non-hydrogen) atoms. The molecule has 2 rings (SSSR count). The lowest BCUT2D eigenvalue weighted by atomic mass is 9.78. The Morgan fingerprint density at radius 1 is 1.12 bits per heavy atom. The average molecular weight is 368 g/mol. The fourth-order valence-electron chi connectivity index (χ4n) is 3.61. The minimum absolute atomic E-state index is 0.0395. The zero-order valence-corrected chi connectivity index (χ0v) is 17.0. The Bertz CT molecular complexity index is 573. The molecule has 0 aromatic heterocycles. The highest BCUT2D eigenvalue weighted by Crippen LogP contribution is 2.42. The maximum absolute atomic E-state index is 13.0. The highest BCUT2D eigenvalue weighted by Gasteiger charge is 2.58. The number of rotatable bonds is 4. The SMILES string of the molecule is CC(C)OC(=O)[C@H](C(C)C)N1CCC2(CN(C(=O)OC(C)(C)C)C2)C1=O. The van der Waals surface area contributed by atoms with E-state index in [1.54, 1.807) is 23.6 Å². The van der Waals surface area contributed by atoms with Crippen molar-refractivity contribution in [3.8, 4) is 0 Å². The van der Waals surface area contributed by atoms with Crippen molar-refractivity contribution in [3.05, 3.63) is 0 Å². The molecule has 148 valence electrons. The van der Waals surface area contributed by atoms with Crippen LogP contribution in [0.25, 0.3) is 0 Å². The predicted molar refractivity (Wildman–Crippen MR) is 96.4 cm³/mol. The summed E-state index contributed by atoms with van der Waals surface area (Å²) in [5.74, 6) is -0.456. The molecule has 2 aliphatic rings. The molecule has 0 bridgehead atoms. The van der Waals surface area contributed by atoms with Crippen molar-refractivity contribution < 1.29 is 23.9 Å². The Kier molecular flexibility index (Phi) is 5.59. The van der Waals surface area contributed by atoms with Crippen LogP contribution in [0.2, 0.25) is 0 Å². The van der Waals surface area contributed by atoms with Crippen molar-refractivity contribution >= 4 is 18.0 Å². The smallest absolute Gasteiger partial charge is 0.410 e. The van der Waals surface area contributed by atoms with Gasteiger partial charge in [0.05, 0.1) is 11.5 Å². The van der Waals surface area contributed by atoms with E-state index < -0.39 is 23.2 Å². The van der Waals surface area contributed by atoms with Gasteiger partial charge >= 0.3 is 12.1 Å². The van der Waals surface area contributed by atoms with Crippen LogP contribution in [0.15, 0.2) is 0 Å². The fraction of sp³-hybridized carbons (Fsp3) is 0.842. The van der Waals surface area contributed by atoms with E-state index in [9.17, 15) is 14.4 Å². The van der Waals surface area contributed by atoms with E-state index in [4.69, 9.17) is 9.47 Å². The maximum atomic E-state index is 13.0. The summed E-state index contributed by atoms with van der Waals surface area (Å²) in [6, 6.07) is -0.583. The number of carbonyl (C=O) groups excluding carboxylic acids is 3. The molecule has 0 unspecified atom stereocenters. The molecule has 0 radical (unpaired) electrons. The van der Waals surface area contributed by atoms with Gasteiger partial charge in [0, 0.05) is 19.6 Å². The Labute approximate surface area is 156 Å². The number of ether oxygens (including phenoxy) is 2. The Morgan fingerprint density at radius 3 is 2.15 bits per heavy atom. The number of nitrogens with zero attached hydrogens (tertiary/aromatic N) is 2. The molecule has 0 N–H and O–H groups in total. The van der Waals surface area contributed by atoms with Gasteiger partial charge in [-0.25, -0.2) is 9.59 Å². The Morgan fingerprint density at radius 2 is 1.69 bits per heavy atom. The first kappa shape index (κ1) is 20.5. The monoisotopic (exact) mass is 368 g/mol. The normalized spacial score (nSPS) is 20.6. The molecule has 7 nitrogen and oxygen atoms in total. The summed E-state index contributed by atoms with van der Waals surface area (Å²) >= 11 is 0. The summed E-state index contributed by atoms with van der Waals surface area (Å²) in [5.41, 5.74) is -1.14. The van der Waals surface area contributed by atoms with Crippen molar-refractivity contribution in [2.45, 2.75) is 72.6 Å². The van der Waals surface area contributed by atoms with Crippen molar-refractivity contribution in [1.82, 2.24) is 9.80 Å². The van der Waals surface area contributed by atoms with Gasteiger partial charge in [0.25, 0.3) is 0 Å². The largest absolute Gasteiger partial charge is 0.461 e. The highest BCUT2D eigenvalue weighted by molar-refractivity contribution is 5.92. The van der Waals surface area contributed by atoms with Gasteiger partial charge in [-0.3, -0.25) is 4.79 Å². The van der Waals surface area contributed by atoms with Crippen LogP contribution in [0.5, 0.6) is 0 Å². The zero-order chi connectivity index (χ0) is 19.9. The molecule has 2 heterocycles. The Balaban J connectivity index is 2.04. The van der Waals surface area contributed by atoms with Crippen LogP contribution in [0.1, 0.15) is 54.9 Å². The topological polar surface area (TPSA) is 76.2 Å².